The van der Waals surface area contributed by atoms with Crippen molar-refractivity contribution in [3.05, 3.63) is 0 Å². The van der Waals surface area contributed by atoms with Gasteiger partial charge in [-0.05, 0) is 32.6 Å². The first kappa shape index (κ1) is 15.1. The summed E-state index contributed by atoms with van der Waals surface area (Å²) in [7, 11) is -3.36. The lowest BCUT2D eigenvalue weighted by atomic mass is 10.2. The van der Waals surface area contributed by atoms with Gasteiger partial charge >= 0.3 is 0 Å². The molecule has 1 aliphatic rings. The van der Waals surface area contributed by atoms with Gasteiger partial charge in [0.05, 0.1) is 0 Å². The molecule has 15 heavy (non-hydrogen) atoms. The number of nitrogens with two attached hydrogens (primary N) is 1. The summed E-state index contributed by atoms with van der Waals surface area (Å²) in [5.41, 5.74) is 5.76. The molecule has 1 rings (SSSR count). The summed E-state index contributed by atoms with van der Waals surface area (Å²) in [4.78, 5) is 0. The molecular weight excluding hydrogens is 238 g/mol. The van der Waals surface area contributed by atoms with Gasteiger partial charge in [0.15, 0.2) is 0 Å². The molecule has 0 saturated heterocycles. The van der Waals surface area contributed by atoms with Crippen LogP contribution in [0.15, 0.2) is 0 Å². The zero-order chi connectivity index (χ0) is 10.8. The zero-order valence-electron chi connectivity index (χ0n) is 9.06. The molecule has 0 radical (unpaired) electrons. The van der Waals surface area contributed by atoms with Crippen LogP contribution < -0.4 is 15.2 Å². The number of nitrogens with one attached hydrogen (secondary N) is 2. The van der Waals surface area contributed by atoms with Crippen LogP contribution in [0.3, 0.4) is 0 Å². The first-order valence-electron chi connectivity index (χ1n) is 4.93. The summed E-state index contributed by atoms with van der Waals surface area (Å²) in [6, 6.07) is -0.136. The number of hydrogen-bond acceptors (Lipinski definition) is 3. The van der Waals surface area contributed by atoms with Crippen LogP contribution in [-0.2, 0) is 10.2 Å². The molecule has 5 nitrogen and oxygen atoms in total. The van der Waals surface area contributed by atoms with Crippen molar-refractivity contribution in [2.24, 2.45) is 11.7 Å². The smallest absolute Gasteiger partial charge is 0.277 e. The largest absolute Gasteiger partial charge is 0.326 e. The topological polar surface area (TPSA) is 84.2 Å². The van der Waals surface area contributed by atoms with Crippen molar-refractivity contribution in [2.45, 2.75) is 38.8 Å². The molecule has 0 aromatic rings. The second-order valence-corrected chi connectivity index (χ2v) is 5.66. The monoisotopic (exact) mass is 257 g/mol. The fourth-order valence-electron chi connectivity index (χ4n) is 1.25. The van der Waals surface area contributed by atoms with Gasteiger partial charge in [-0.2, -0.15) is 13.1 Å². The highest BCUT2D eigenvalue weighted by molar-refractivity contribution is 7.87. The lowest BCUT2D eigenvalue weighted by Crippen LogP contribution is -2.45. The van der Waals surface area contributed by atoms with E-state index in [1.807, 2.05) is 0 Å². The van der Waals surface area contributed by atoms with Crippen LogP contribution in [-0.4, -0.2) is 27.0 Å². The predicted octanol–water partition coefficient (Wildman–Crippen LogP) is -0.0221. The van der Waals surface area contributed by atoms with Crippen molar-refractivity contribution in [1.82, 2.24) is 9.44 Å². The van der Waals surface area contributed by atoms with Gasteiger partial charge in [-0.1, -0.05) is 0 Å². The first-order valence-corrected chi connectivity index (χ1v) is 6.41. The fraction of sp³-hybridized carbons (Fsp3) is 1.00. The van der Waals surface area contributed by atoms with E-state index in [0.29, 0.717) is 12.5 Å². The molecule has 0 aromatic heterocycles. The van der Waals surface area contributed by atoms with Crippen molar-refractivity contribution < 1.29 is 8.42 Å². The molecule has 1 unspecified atom stereocenters. The Morgan fingerprint density at radius 1 is 1.40 bits per heavy atom. The van der Waals surface area contributed by atoms with Crippen LogP contribution >= 0.6 is 12.4 Å². The van der Waals surface area contributed by atoms with E-state index < -0.39 is 10.2 Å². The molecule has 1 saturated carbocycles. The summed E-state index contributed by atoms with van der Waals surface area (Å²) >= 11 is 0. The Kier molecular flexibility index (Phi) is 6.05. The predicted molar refractivity (Wildman–Crippen MR) is 63.1 cm³/mol. The molecular formula is C8H20ClN3O2S. The summed E-state index contributed by atoms with van der Waals surface area (Å²) < 4.78 is 27.5. The molecule has 0 amide bonds. The Labute approximate surface area is 97.8 Å². The summed E-state index contributed by atoms with van der Waals surface area (Å²) in [5.74, 6) is 0.511. The number of hydrogen-bond donors (Lipinski definition) is 3. The fourth-order valence-corrected chi connectivity index (χ4v) is 2.36. The Morgan fingerprint density at radius 2 is 1.93 bits per heavy atom. The normalized spacial score (nSPS) is 18.7. The minimum absolute atomic E-state index is 0. The summed E-state index contributed by atoms with van der Waals surface area (Å²) in [6.07, 6.45) is 2.25. The van der Waals surface area contributed by atoms with Crippen LogP contribution in [0.25, 0.3) is 0 Å². The van der Waals surface area contributed by atoms with Crippen LogP contribution in [0.1, 0.15) is 26.7 Å². The Bertz CT molecular complexity index is 278. The van der Waals surface area contributed by atoms with E-state index in [2.05, 4.69) is 9.44 Å². The number of rotatable bonds is 6. The van der Waals surface area contributed by atoms with E-state index >= 15 is 0 Å². The molecule has 1 aliphatic carbocycles. The van der Waals surface area contributed by atoms with Crippen molar-refractivity contribution >= 4 is 22.6 Å². The van der Waals surface area contributed by atoms with Gasteiger partial charge in [-0.25, -0.2) is 4.72 Å². The van der Waals surface area contributed by atoms with Crippen LogP contribution in [0, 0.1) is 5.92 Å². The average Bonchev–Trinajstić information content (AvgIpc) is 2.79. The molecule has 1 fully saturated rings. The van der Waals surface area contributed by atoms with E-state index in [1.165, 1.54) is 0 Å². The highest BCUT2D eigenvalue weighted by Crippen LogP contribution is 2.31. The minimum atomic E-state index is -3.36. The van der Waals surface area contributed by atoms with Crippen LogP contribution in [0.4, 0.5) is 0 Å². The Morgan fingerprint density at radius 3 is 2.33 bits per heavy atom. The van der Waals surface area contributed by atoms with Gasteiger partial charge in [0.1, 0.15) is 0 Å². The van der Waals surface area contributed by atoms with E-state index in [4.69, 9.17) is 5.73 Å². The van der Waals surface area contributed by atoms with Gasteiger partial charge in [0, 0.05) is 18.6 Å². The molecule has 0 heterocycles. The second-order valence-electron chi connectivity index (χ2n) is 4.13. The average molecular weight is 258 g/mol. The van der Waals surface area contributed by atoms with Crippen molar-refractivity contribution in [2.75, 3.05) is 6.54 Å². The van der Waals surface area contributed by atoms with E-state index in [9.17, 15) is 8.42 Å². The maximum absolute atomic E-state index is 11.3. The van der Waals surface area contributed by atoms with Gasteiger partial charge < -0.3 is 5.73 Å². The minimum Gasteiger partial charge on any atom is -0.326 e. The third-order valence-electron chi connectivity index (χ3n) is 2.13. The van der Waals surface area contributed by atoms with Crippen LogP contribution in [0.5, 0.6) is 0 Å². The molecule has 7 heteroatoms. The lowest BCUT2D eigenvalue weighted by molar-refractivity contribution is 0.530. The van der Waals surface area contributed by atoms with Crippen LogP contribution in [0.2, 0.25) is 0 Å². The summed E-state index contributed by atoms with van der Waals surface area (Å²) in [6.45, 7) is 3.88. The molecule has 0 bridgehead atoms. The second kappa shape index (κ2) is 6.00. The SMILES string of the molecule is CC(C)NS(=O)(=O)NCC(N)C1CC1.Cl. The molecule has 4 N–H and O–H groups in total. The molecule has 0 aromatic carbocycles. The molecule has 0 aliphatic heterocycles. The molecule has 92 valence electrons. The van der Waals surface area contributed by atoms with E-state index in [-0.39, 0.29) is 24.5 Å². The summed E-state index contributed by atoms with van der Waals surface area (Å²) in [5, 5.41) is 0. The third-order valence-corrected chi connectivity index (χ3v) is 3.46. The lowest BCUT2D eigenvalue weighted by Gasteiger charge is -2.14. The number of halogens is 1. The van der Waals surface area contributed by atoms with Crippen molar-refractivity contribution in [1.29, 1.82) is 0 Å². The van der Waals surface area contributed by atoms with Gasteiger partial charge in [0.2, 0.25) is 0 Å². The van der Waals surface area contributed by atoms with Gasteiger partial charge in [-0.15, -0.1) is 12.4 Å². The third kappa shape index (κ3) is 6.32. The van der Waals surface area contributed by atoms with E-state index in [0.717, 1.165) is 12.8 Å². The van der Waals surface area contributed by atoms with E-state index in [1.54, 1.807) is 13.8 Å². The zero-order valence-corrected chi connectivity index (χ0v) is 10.7. The highest BCUT2D eigenvalue weighted by Gasteiger charge is 2.29. The maximum atomic E-state index is 11.3. The quantitative estimate of drug-likeness (QED) is 0.625. The maximum Gasteiger partial charge on any atom is 0.277 e. The van der Waals surface area contributed by atoms with Crippen molar-refractivity contribution in [3.8, 4) is 0 Å². The van der Waals surface area contributed by atoms with Gasteiger partial charge in [0.25, 0.3) is 10.2 Å². The van der Waals surface area contributed by atoms with Crippen molar-refractivity contribution in [3.63, 3.8) is 0 Å². The highest BCUT2D eigenvalue weighted by atomic mass is 35.5. The van der Waals surface area contributed by atoms with Gasteiger partial charge in [-0.3, -0.25) is 0 Å². The Hall–Kier alpha value is 0.120. The Balaban J connectivity index is 0.00000196. The first-order chi connectivity index (χ1) is 6.41. The standard InChI is InChI=1S/C8H19N3O2S.ClH/c1-6(2)11-14(12,13)10-5-8(9)7-3-4-7;/h6-8,10-11H,3-5,9H2,1-2H3;1H. The molecule has 1 atom stereocenters. The molecule has 0 spiro atoms.